The summed E-state index contributed by atoms with van der Waals surface area (Å²) in [5, 5.41) is 3.84. The van der Waals surface area contributed by atoms with Crippen molar-refractivity contribution in [1.29, 1.82) is 0 Å². The van der Waals surface area contributed by atoms with E-state index in [9.17, 15) is 4.79 Å². The summed E-state index contributed by atoms with van der Waals surface area (Å²) < 4.78 is 5.26. The first-order valence-electron chi connectivity index (χ1n) is 9.55. The Morgan fingerprint density at radius 3 is 2.52 bits per heavy atom. The molecule has 0 bridgehead atoms. The van der Waals surface area contributed by atoms with Crippen LogP contribution in [0.3, 0.4) is 0 Å². The minimum absolute atomic E-state index is 0.0626. The molecule has 0 aliphatic carbocycles. The fourth-order valence-electron chi connectivity index (χ4n) is 3.59. The number of nitrogens with one attached hydrogen (secondary N) is 1. The first-order chi connectivity index (χ1) is 13.2. The minimum atomic E-state index is 0.0626. The molecular formula is C22H27ClN2O2. The van der Waals surface area contributed by atoms with E-state index in [1.54, 1.807) is 7.11 Å². The summed E-state index contributed by atoms with van der Waals surface area (Å²) in [7, 11) is 1.67. The van der Waals surface area contributed by atoms with Crippen molar-refractivity contribution in [3.63, 3.8) is 0 Å². The van der Waals surface area contributed by atoms with Gasteiger partial charge < -0.3 is 10.1 Å². The van der Waals surface area contributed by atoms with Crippen molar-refractivity contribution in [3.8, 4) is 5.75 Å². The minimum Gasteiger partial charge on any atom is -0.497 e. The van der Waals surface area contributed by atoms with Crippen molar-refractivity contribution in [2.24, 2.45) is 0 Å². The second-order valence-electron chi connectivity index (χ2n) is 6.93. The molecule has 1 aliphatic heterocycles. The fourth-order valence-corrected chi connectivity index (χ4v) is 3.82. The lowest BCUT2D eigenvalue weighted by Gasteiger charge is -2.28. The highest BCUT2D eigenvalue weighted by molar-refractivity contribution is 6.31. The van der Waals surface area contributed by atoms with Crippen molar-refractivity contribution in [1.82, 2.24) is 10.2 Å². The van der Waals surface area contributed by atoms with Gasteiger partial charge in [-0.1, -0.05) is 41.9 Å². The van der Waals surface area contributed by atoms with Gasteiger partial charge in [0, 0.05) is 18.0 Å². The SMILES string of the molecule is COc1ccc(C(CNC(=O)CCc2ccccc2Cl)N2CCCC2)cc1. The molecule has 144 valence electrons. The Hall–Kier alpha value is -2.04. The van der Waals surface area contributed by atoms with Gasteiger partial charge in [-0.3, -0.25) is 9.69 Å². The molecular weight excluding hydrogens is 360 g/mol. The van der Waals surface area contributed by atoms with E-state index in [1.807, 2.05) is 36.4 Å². The number of hydrogen-bond donors (Lipinski definition) is 1. The molecule has 0 aromatic heterocycles. The zero-order valence-corrected chi connectivity index (χ0v) is 16.5. The monoisotopic (exact) mass is 386 g/mol. The third-order valence-corrected chi connectivity index (χ3v) is 5.52. The molecule has 1 unspecified atom stereocenters. The maximum atomic E-state index is 12.4. The van der Waals surface area contributed by atoms with Crippen molar-refractivity contribution in [2.45, 2.75) is 31.7 Å². The van der Waals surface area contributed by atoms with Gasteiger partial charge in [-0.2, -0.15) is 0 Å². The molecule has 1 saturated heterocycles. The van der Waals surface area contributed by atoms with E-state index < -0.39 is 0 Å². The van der Waals surface area contributed by atoms with Crippen LogP contribution in [0.4, 0.5) is 0 Å². The van der Waals surface area contributed by atoms with Gasteiger partial charge in [-0.15, -0.1) is 0 Å². The summed E-state index contributed by atoms with van der Waals surface area (Å²) in [6.45, 7) is 2.77. The summed E-state index contributed by atoms with van der Waals surface area (Å²) in [4.78, 5) is 14.8. The van der Waals surface area contributed by atoms with E-state index in [4.69, 9.17) is 16.3 Å². The summed E-state index contributed by atoms with van der Waals surface area (Å²) in [5.41, 5.74) is 2.23. The Morgan fingerprint density at radius 1 is 1.15 bits per heavy atom. The molecule has 1 fully saturated rings. The van der Waals surface area contributed by atoms with Gasteiger partial charge in [-0.05, 0) is 61.7 Å². The fraction of sp³-hybridized carbons (Fsp3) is 0.409. The van der Waals surface area contributed by atoms with Gasteiger partial charge >= 0.3 is 0 Å². The topological polar surface area (TPSA) is 41.6 Å². The number of amides is 1. The molecule has 27 heavy (non-hydrogen) atoms. The van der Waals surface area contributed by atoms with E-state index in [0.717, 1.165) is 29.4 Å². The van der Waals surface area contributed by atoms with Gasteiger partial charge in [0.2, 0.25) is 5.91 Å². The Morgan fingerprint density at radius 2 is 1.85 bits per heavy atom. The molecule has 4 nitrogen and oxygen atoms in total. The zero-order chi connectivity index (χ0) is 19.1. The molecule has 0 saturated carbocycles. The number of benzene rings is 2. The van der Waals surface area contributed by atoms with E-state index in [-0.39, 0.29) is 11.9 Å². The molecule has 1 aliphatic rings. The van der Waals surface area contributed by atoms with Crippen LogP contribution in [-0.4, -0.2) is 37.6 Å². The van der Waals surface area contributed by atoms with Gasteiger partial charge in [0.1, 0.15) is 5.75 Å². The third kappa shape index (κ3) is 5.47. The van der Waals surface area contributed by atoms with Gasteiger partial charge in [0.15, 0.2) is 0 Å². The quantitative estimate of drug-likeness (QED) is 0.738. The molecule has 2 aromatic rings. The van der Waals surface area contributed by atoms with Crippen LogP contribution in [0.25, 0.3) is 0 Å². The normalized spacial score (nSPS) is 15.5. The second kappa shape index (κ2) is 9.77. The molecule has 3 rings (SSSR count). The number of carbonyl (C=O) groups excluding carboxylic acids is 1. The molecule has 1 atom stereocenters. The largest absolute Gasteiger partial charge is 0.497 e. The third-order valence-electron chi connectivity index (χ3n) is 5.15. The number of carbonyl (C=O) groups is 1. The van der Waals surface area contributed by atoms with E-state index in [2.05, 4.69) is 22.3 Å². The molecule has 5 heteroatoms. The lowest BCUT2D eigenvalue weighted by molar-refractivity contribution is -0.121. The van der Waals surface area contributed by atoms with Crippen LogP contribution in [-0.2, 0) is 11.2 Å². The average molecular weight is 387 g/mol. The smallest absolute Gasteiger partial charge is 0.220 e. The number of ether oxygens (including phenoxy) is 1. The molecule has 0 spiro atoms. The zero-order valence-electron chi connectivity index (χ0n) is 15.8. The Balaban J connectivity index is 1.58. The van der Waals surface area contributed by atoms with Crippen LogP contribution in [0.1, 0.15) is 36.4 Å². The number of likely N-dealkylation sites (tertiary alicyclic amines) is 1. The first-order valence-corrected chi connectivity index (χ1v) is 9.93. The standard InChI is InChI=1S/C22H27ClN2O2/c1-27-19-11-8-18(9-12-19)21(25-14-4-5-15-25)16-24-22(26)13-10-17-6-2-3-7-20(17)23/h2-3,6-9,11-12,21H,4-5,10,13-16H2,1H3,(H,24,26). The van der Waals surface area contributed by atoms with Crippen LogP contribution in [0.15, 0.2) is 48.5 Å². The average Bonchev–Trinajstić information content (AvgIpc) is 3.22. The maximum Gasteiger partial charge on any atom is 0.220 e. The highest BCUT2D eigenvalue weighted by Gasteiger charge is 2.24. The summed E-state index contributed by atoms with van der Waals surface area (Å²) in [6, 6.07) is 16.0. The van der Waals surface area contributed by atoms with Crippen LogP contribution in [0, 0.1) is 0 Å². The predicted octanol–water partition coefficient (Wildman–Crippen LogP) is 4.23. The lowest BCUT2D eigenvalue weighted by atomic mass is 10.0. The predicted molar refractivity (Wildman–Crippen MR) is 109 cm³/mol. The number of rotatable bonds is 8. The van der Waals surface area contributed by atoms with Crippen molar-refractivity contribution >= 4 is 17.5 Å². The Kier molecular flexibility index (Phi) is 7.13. The highest BCUT2D eigenvalue weighted by Crippen LogP contribution is 2.26. The van der Waals surface area contributed by atoms with Crippen LogP contribution >= 0.6 is 11.6 Å². The lowest BCUT2D eigenvalue weighted by Crippen LogP contribution is -2.36. The van der Waals surface area contributed by atoms with E-state index >= 15 is 0 Å². The number of methoxy groups -OCH3 is 1. The number of aryl methyl sites for hydroxylation is 1. The van der Waals surface area contributed by atoms with Crippen molar-refractivity contribution in [2.75, 3.05) is 26.7 Å². The summed E-state index contributed by atoms with van der Waals surface area (Å²) >= 11 is 6.18. The van der Waals surface area contributed by atoms with Crippen LogP contribution in [0.5, 0.6) is 5.75 Å². The van der Waals surface area contributed by atoms with Crippen LogP contribution in [0.2, 0.25) is 5.02 Å². The van der Waals surface area contributed by atoms with Gasteiger partial charge in [0.05, 0.1) is 13.2 Å². The van der Waals surface area contributed by atoms with Gasteiger partial charge in [0.25, 0.3) is 0 Å². The van der Waals surface area contributed by atoms with Crippen LogP contribution < -0.4 is 10.1 Å². The number of nitrogens with zero attached hydrogens (tertiary/aromatic N) is 1. The molecule has 1 heterocycles. The Labute approximate surface area is 166 Å². The number of hydrogen-bond acceptors (Lipinski definition) is 3. The number of halogens is 1. The van der Waals surface area contributed by atoms with Crippen molar-refractivity contribution < 1.29 is 9.53 Å². The Bertz CT molecular complexity index is 742. The van der Waals surface area contributed by atoms with E-state index in [1.165, 1.54) is 18.4 Å². The summed E-state index contributed by atoms with van der Waals surface area (Å²) in [6.07, 6.45) is 3.53. The molecule has 2 aromatic carbocycles. The second-order valence-corrected chi connectivity index (χ2v) is 7.33. The van der Waals surface area contributed by atoms with Gasteiger partial charge in [-0.25, -0.2) is 0 Å². The van der Waals surface area contributed by atoms with E-state index in [0.29, 0.717) is 19.4 Å². The summed E-state index contributed by atoms with van der Waals surface area (Å²) in [5.74, 6) is 0.912. The first kappa shape index (κ1) is 19.7. The maximum absolute atomic E-state index is 12.4. The molecule has 1 N–H and O–H groups in total. The molecule has 0 radical (unpaired) electrons. The highest BCUT2D eigenvalue weighted by atomic mass is 35.5. The van der Waals surface area contributed by atoms with Crippen molar-refractivity contribution in [3.05, 3.63) is 64.7 Å². The molecule has 1 amide bonds.